The van der Waals surface area contributed by atoms with E-state index < -0.39 is 6.10 Å². The monoisotopic (exact) mass is 304 g/mol. The Hall–Kier alpha value is -1.88. The number of amides is 2. The topological polar surface area (TPSA) is 69.6 Å². The van der Waals surface area contributed by atoms with Gasteiger partial charge in [-0.15, -0.1) is 0 Å². The molecule has 2 unspecified atom stereocenters. The first-order valence-electron chi connectivity index (χ1n) is 7.93. The maximum atomic E-state index is 12.2. The quantitative estimate of drug-likeness (QED) is 0.804. The van der Waals surface area contributed by atoms with Crippen LogP contribution in [0.15, 0.2) is 30.3 Å². The van der Waals surface area contributed by atoms with Crippen molar-refractivity contribution in [3.05, 3.63) is 35.9 Å². The second-order valence-corrected chi connectivity index (χ2v) is 5.62. The lowest BCUT2D eigenvalue weighted by atomic mass is 10.1. The van der Waals surface area contributed by atoms with Crippen LogP contribution in [0, 0.1) is 0 Å². The Morgan fingerprint density at radius 2 is 2.09 bits per heavy atom. The van der Waals surface area contributed by atoms with Crippen LogP contribution in [0.4, 0.5) is 0 Å². The molecule has 2 amide bonds. The van der Waals surface area contributed by atoms with Gasteiger partial charge >= 0.3 is 0 Å². The Kier molecular flexibility index (Phi) is 5.95. The van der Waals surface area contributed by atoms with Crippen molar-refractivity contribution in [1.82, 2.24) is 10.2 Å². The number of hydrogen-bond acceptors (Lipinski definition) is 3. The third-order valence-corrected chi connectivity index (χ3v) is 4.08. The van der Waals surface area contributed by atoms with E-state index in [4.69, 9.17) is 0 Å². The predicted molar refractivity (Wildman–Crippen MR) is 84.1 cm³/mol. The average Bonchev–Trinajstić information content (AvgIpc) is 2.95. The van der Waals surface area contributed by atoms with E-state index in [1.165, 1.54) is 0 Å². The maximum Gasteiger partial charge on any atom is 0.242 e. The Balaban J connectivity index is 1.80. The fraction of sp³-hybridized carbons (Fsp3) is 0.529. The number of carbonyl (C=O) groups is 2. The minimum absolute atomic E-state index is 0.0614. The van der Waals surface area contributed by atoms with Crippen LogP contribution < -0.4 is 5.32 Å². The molecule has 1 aliphatic heterocycles. The van der Waals surface area contributed by atoms with Crippen LogP contribution in [-0.4, -0.2) is 41.0 Å². The van der Waals surface area contributed by atoms with E-state index in [-0.39, 0.29) is 17.9 Å². The highest BCUT2D eigenvalue weighted by atomic mass is 16.3. The van der Waals surface area contributed by atoms with Crippen LogP contribution in [-0.2, 0) is 9.59 Å². The Bertz CT molecular complexity index is 504. The maximum absolute atomic E-state index is 12.2. The highest BCUT2D eigenvalue weighted by molar-refractivity contribution is 5.88. The molecule has 1 aromatic rings. The predicted octanol–water partition coefficient (Wildman–Crippen LogP) is 1.63. The number of hydrogen-bond donors (Lipinski definition) is 2. The van der Waals surface area contributed by atoms with Crippen LogP contribution >= 0.6 is 0 Å². The molecule has 2 rings (SSSR count). The highest BCUT2D eigenvalue weighted by Gasteiger charge is 2.31. The van der Waals surface area contributed by atoms with Crippen molar-refractivity contribution >= 4 is 11.8 Å². The van der Waals surface area contributed by atoms with Gasteiger partial charge in [0.15, 0.2) is 0 Å². The van der Waals surface area contributed by atoms with Crippen molar-refractivity contribution in [2.45, 2.75) is 44.8 Å². The van der Waals surface area contributed by atoms with Gasteiger partial charge in [0.2, 0.25) is 11.8 Å². The summed E-state index contributed by atoms with van der Waals surface area (Å²) in [6.45, 7) is 2.97. The number of nitrogens with zero attached hydrogens (tertiary/aromatic N) is 1. The first kappa shape index (κ1) is 16.5. The number of carbonyl (C=O) groups excluding carboxylic acids is 2. The molecule has 2 N–H and O–H groups in total. The van der Waals surface area contributed by atoms with E-state index in [0.717, 1.165) is 12.0 Å². The number of aliphatic hydroxyl groups is 1. The largest absolute Gasteiger partial charge is 0.388 e. The van der Waals surface area contributed by atoms with Crippen molar-refractivity contribution in [3.63, 3.8) is 0 Å². The van der Waals surface area contributed by atoms with Crippen molar-refractivity contribution in [2.75, 3.05) is 13.1 Å². The normalized spacial score (nSPS) is 17.4. The molecular formula is C17H24N2O3. The summed E-state index contributed by atoms with van der Waals surface area (Å²) in [6, 6.07) is 9.00. The van der Waals surface area contributed by atoms with E-state index in [0.29, 0.717) is 32.4 Å². The molecular weight excluding hydrogens is 280 g/mol. The molecule has 1 aliphatic rings. The van der Waals surface area contributed by atoms with E-state index >= 15 is 0 Å². The van der Waals surface area contributed by atoms with Crippen molar-refractivity contribution in [2.24, 2.45) is 0 Å². The summed E-state index contributed by atoms with van der Waals surface area (Å²) in [5, 5.41) is 12.9. The number of benzene rings is 1. The Morgan fingerprint density at radius 1 is 1.36 bits per heavy atom. The zero-order chi connectivity index (χ0) is 15.9. The van der Waals surface area contributed by atoms with Crippen molar-refractivity contribution in [3.8, 4) is 0 Å². The number of nitrogens with one attached hydrogen (secondary N) is 1. The van der Waals surface area contributed by atoms with E-state index in [1.54, 1.807) is 4.90 Å². The molecule has 5 heteroatoms. The van der Waals surface area contributed by atoms with Gasteiger partial charge in [-0.1, -0.05) is 37.3 Å². The molecule has 120 valence electrons. The van der Waals surface area contributed by atoms with Crippen LogP contribution in [0.3, 0.4) is 0 Å². The van der Waals surface area contributed by atoms with Gasteiger partial charge in [0, 0.05) is 19.5 Å². The third-order valence-electron chi connectivity index (χ3n) is 4.08. The lowest BCUT2D eigenvalue weighted by molar-refractivity contribution is -0.137. The average molecular weight is 304 g/mol. The molecule has 5 nitrogen and oxygen atoms in total. The molecule has 0 spiro atoms. The zero-order valence-corrected chi connectivity index (χ0v) is 13.0. The molecule has 1 aromatic carbocycles. The van der Waals surface area contributed by atoms with Crippen LogP contribution in [0.5, 0.6) is 0 Å². The minimum atomic E-state index is -0.588. The van der Waals surface area contributed by atoms with Crippen LogP contribution in [0.2, 0.25) is 0 Å². The summed E-state index contributed by atoms with van der Waals surface area (Å²) < 4.78 is 0. The van der Waals surface area contributed by atoms with Crippen LogP contribution in [0.25, 0.3) is 0 Å². The minimum Gasteiger partial charge on any atom is -0.388 e. The number of rotatable bonds is 7. The third kappa shape index (κ3) is 4.07. The molecule has 1 saturated heterocycles. The highest BCUT2D eigenvalue weighted by Crippen LogP contribution is 2.17. The summed E-state index contributed by atoms with van der Waals surface area (Å²) in [4.78, 5) is 25.7. The standard InChI is InChI=1S/C17H24N2O3/c1-2-14(19-12-6-9-16(19)21)17(22)18-11-10-15(20)13-7-4-3-5-8-13/h3-5,7-8,14-15,20H,2,6,9-12H2,1H3,(H,18,22). The van der Waals surface area contributed by atoms with E-state index in [1.807, 2.05) is 37.3 Å². The smallest absolute Gasteiger partial charge is 0.242 e. The molecule has 0 aliphatic carbocycles. The van der Waals surface area contributed by atoms with Crippen molar-refractivity contribution in [1.29, 1.82) is 0 Å². The van der Waals surface area contributed by atoms with Gasteiger partial charge in [-0.05, 0) is 24.8 Å². The molecule has 2 atom stereocenters. The fourth-order valence-electron chi connectivity index (χ4n) is 2.84. The summed E-state index contributed by atoms with van der Waals surface area (Å²) >= 11 is 0. The first-order valence-corrected chi connectivity index (χ1v) is 7.93. The van der Waals surface area contributed by atoms with Gasteiger partial charge in [0.05, 0.1) is 6.10 Å². The molecule has 22 heavy (non-hydrogen) atoms. The summed E-state index contributed by atoms with van der Waals surface area (Å²) in [6.07, 6.45) is 1.85. The summed E-state index contributed by atoms with van der Waals surface area (Å²) in [5.74, 6) is -0.0654. The summed E-state index contributed by atoms with van der Waals surface area (Å²) in [7, 11) is 0. The summed E-state index contributed by atoms with van der Waals surface area (Å²) in [5.41, 5.74) is 0.846. The van der Waals surface area contributed by atoms with Gasteiger partial charge in [-0.3, -0.25) is 9.59 Å². The zero-order valence-electron chi connectivity index (χ0n) is 13.0. The first-order chi connectivity index (χ1) is 10.6. The number of likely N-dealkylation sites (tertiary alicyclic amines) is 1. The van der Waals surface area contributed by atoms with E-state index in [2.05, 4.69) is 5.32 Å². The second-order valence-electron chi connectivity index (χ2n) is 5.62. The molecule has 1 fully saturated rings. The van der Waals surface area contributed by atoms with E-state index in [9.17, 15) is 14.7 Å². The molecule has 0 bridgehead atoms. The van der Waals surface area contributed by atoms with Gasteiger partial charge in [0.1, 0.15) is 6.04 Å². The van der Waals surface area contributed by atoms with Gasteiger partial charge in [0.25, 0.3) is 0 Å². The second kappa shape index (κ2) is 7.94. The lowest BCUT2D eigenvalue weighted by Gasteiger charge is -2.26. The molecule has 0 saturated carbocycles. The molecule has 1 heterocycles. The molecule has 0 aromatic heterocycles. The van der Waals surface area contributed by atoms with Gasteiger partial charge < -0.3 is 15.3 Å². The Labute approximate surface area is 131 Å². The fourth-order valence-corrected chi connectivity index (χ4v) is 2.84. The molecule has 0 radical (unpaired) electrons. The van der Waals surface area contributed by atoms with Crippen LogP contribution in [0.1, 0.15) is 44.3 Å². The SMILES string of the molecule is CCC(C(=O)NCCC(O)c1ccccc1)N1CCCC1=O. The Morgan fingerprint density at radius 3 is 2.68 bits per heavy atom. The number of aliphatic hydroxyl groups excluding tert-OH is 1. The van der Waals surface area contributed by atoms with Gasteiger partial charge in [-0.25, -0.2) is 0 Å². The lowest BCUT2D eigenvalue weighted by Crippen LogP contribution is -2.47. The van der Waals surface area contributed by atoms with Gasteiger partial charge in [-0.2, -0.15) is 0 Å². The van der Waals surface area contributed by atoms with Crippen molar-refractivity contribution < 1.29 is 14.7 Å².